The molecule has 0 fully saturated rings. The number of nitrogens with zero attached hydrogens (tertiary/aromatic N) is 1. The Hall–Kier alpha value is -1.66. The van der Waals surface area contributed by atoms with Gasteiger partial charge in [0.05, 0.1) is 14.9 Å². The summed E-state index contributed by atoms with van der Waals surface area (Å²) in [5.74, 6) is -0.117. The number of halogens is 1. The van der Waals surface area contributed by atoms with Crippen LogP contribution in [0.2, 0.25) is 4.34 Å². The Balaban J connectivity index is 1.71. The second kappa shape index (κ2) is 5.38. The van der Waals surface area contributed by atoms with Gasteiger partial charge in [-0.2, -0.15) is 5.10 Å². The number of carbonyl (C=O) groups is 1. The van der Waals surface area contributed by atoms with Crippen molar-refractivity contribution in [2.24, 2.45) is 0 Å². The topological polar surface area (TPSA) is 74.8 Å². The van der Waals surface area contributed by atoms with E-state index < -0.39 is 0 Å². The first-order chi connectivity index (χ1) is 9.61. The van der Waals surface area contributed by atoms with Crippen molar-refractivity contribution in [3.63, 3.8) is 0 Å². The SMILES string of the molecule is O=C(NC1CCc2n[nH]c(=O)cc2C1)c1ccc(Cl)s1. The molecule has 0 saturated heterocycles. The molecule has 1 aliphatic rings. The van der Waals surface area contributed by atoms with Crippen LogP contribution < -0.4 is 10.9 Å². The predicted octanol–water partition coefficient (Wildman–Crippen LogP) is 1.77. The maximum Gasteiger partial charge on any atom is 0.264 e. The van der Waals surface area contributed by atoms with E-state index in [-0.39, 0.29) is 17.5 Å². The first kappa shape index (κ1) is 13.3. The minimum Gasteiger partial charge on any atom is -0.348 e. The number of aromatic amines is 1. The molecule has 104 valence electrons. The van der Waals surface area contributed by atoms with Crippen LogP contribution >= 0.6 is 22.9 Å². The van der Waals surface area contributed by atoms with Crippen molar-refractivity contribution in [1.82, 2.24) is 15.5 Å². The van der Waals surface area contributed by atoms with Crippen LogP contribution in [0.1, 0.15) is 27.3 Å². The quantitative estimate of drug-likeness (QED) is 0.888. The van der Waals surface area contributed by atoms with Crippen LogP contribution in [0.5, 0.6) is 0 Å². The Morgan fingerprint density at radius 2 is 2.35 bits per heavy atom. The first-order valence-electron chi connectivity index (χ1n) is 6.25. The number of fused-ring (bicyclic) bond motifs is 1. The van der Waals surface area contributed by atoms with Crippen LogP contribution in [0.3, 0.4) is 0 Å². The van der Waals surface area contributed by atoms with Crippen molar-refractivity contribution in [2.75, 3.05) is 0 Å². The van der Waals surface area contributed by atoms with E-state index >= 15 is 0 Å². The second-order valence-electron chi connectivity index (χ2n) is 4.72. The average molecular weight is 310 g/mol. The lowest BCUT2D eigenvalue weighted by molar-refractivity contribution is 0.0937. The Bertz CT molecular complexity index is 710. The fraction of sp³-hybridized carbons (Fsp3) is 0.308. The van der Waals surface area contributed by atoms with Crippen LogP contribution in [-0.2, 0) is 12.8 Å². The number of amides is 1. The summed E-state index contributed by atoms with van der Waals surface area (Å²) in [6, 6.07) is 5.01. The second-order valence-corrected chi connectivity index (χ2v) is 6.44. The summed E-state index contributed by atoms with van der Waals surface area (Å²) in [5.41, 5.74) is 1.62. The number of nitrogens with one attached hydrogen (secondary N) is 2. The Morgan fingerprint density at radius 3 is 3.10 bits per heavy atom. The summed E-state index contributed by atoms with van der Waals surface area (Å²) in [6.07, 6.45) is 2.20. The zero-order valence-electron chi connectivity index (χ0n) is 10.5. The molecule has 0 bridgehead atoms. The van der Waals surface area contributed by atoms with E-state index in [2.05, 4.69) is 15.5 Å². The molecule has 2 N–H and O–H groups in total. The van der Waals surface area contributed by atoms with Crippen molar-refractivity contribution < 1.29 is 4.79 Å². The van der Waals surface area contributed by atoms with Crippen LogP contribution in [-0.4, -0.2) is 22.1 Å². The lowest BCUT2D eigenvalue weighted by Crippen LogP contribution is -2.39. The number of aryl methyl sites for hydroxylation is 1. The third-order valence-corrected chi connectivity index (χ3v) is 4.54. The Morgan fingerprint density at radius 1 is 1.50 bits per heavy atom. The molecule has 0 spiro atoms. The summed E-state index contributed by atoms with van der Waals surface area (Å²) in [6.45, 7) is 0. The maximum absolute atomic E-state index is 12.1. The van der Waals surface area contributed by atoms with Crippen molar-refractivity contribution in [3.8, 4) is 0 Å². The Labute approximate surface area is 124 Å². The van der Waals surface area contributed by atoms with E-state index in [1.807, 2.05) is 0 Å². The molecule has 20 heavy (non-hydrogen) atoms. The van der Waals surface area contributed by atoms with Gasteiger partial charge in [0, 0.05) is 12.1 Å². The third-order valence-electron chi connectivity index (χ3n) is 3.31. The molecule has 3 rings (SSSR count). The van der Waals surface area contributed by atoms with Gasteiger partial charge >= 0.3 is 0 Å². The molecule has 1 atom stereocenters. The summed E-state index contributed by atoms with van der Waals surface area (Å²) in [4.78, 5) is 23.9. The number of carbonyl (C=O) groups excluding carboxylic acids is 1. The fourth-order valence-corrected chi connectivity index (χ4v) is 3.30. The van der Waals surface area contributed by atoms with Crippen molar-refractivity contribution in [2.45, 2.75) is 25.3 Å². The molecule has 5 nitrogen and oxygen atoms in total. The molecular weight excluding hydrogens is 298 g/mol. The van der Waals surface area contributed by atoms with E-state index in [4.69, 9.17) is 11.6 Å². The van der Waals surface area contributed by atoms with E-state index in [0.717, 1.165) is 24.1 Å². The highest BCUT2D eigenvalue weighted by Crippen LogP contribution is 2.22. The monoisotopic (exact) mass is 309 g/mol. The molecular formula is C13H12ClN3O2S. The predicted molar refractivity (Wildman–Crippen MR) is 77.5 cm³/mol. The van der Waals surface area contributed by atoms with Crippen LogP contribution in [0.15, 0.2) is 23.0 Å². The molecule has 2 aromatic heterocycles. The van der Waals surface area contributed by atoms with E-state index in [0.29, 0.717) is 15.6 Å². The first-order valence-corrected chi connectivity index (χ1v) is 7.45. The largest absolute Gasteiger partial charge is 0.348 e. The highest BCUT2D eigenvalue weighted by atomic mass is 35.5. The van der Waals surface area contributed by atoms with Crippen molar-refractivity contribution in [3.05, 3.63) is 49.0 Å². The van der Waals surface area contributed by atoms with Gasteiger partial charge in [-0.05, 0) is 37.0 Å². The zero-order valence-corrected chi connectivity index (χ0v) is 12.1. The lowest BCUT2D eigenvalue weighted by Gasteiger charge is -2.24. The number of aromatic nitrogens is 2. The number of hydrogen-bond donors (Lipinski definition) is 2. The highest BCUT2D eigenvalue weighted by Gasteiger charge is 2.22. The third kappa shape index (κ3) is 2.76. The van der Waals surface area contributed by atoms with Gasteiger partial charge in [0.15, 0.2) is 0 Å². The van der Waals surface area contributed by atoms with Gasteiger partial charge in [0.2, 0.25) is 0 Å². The highest BCUT2D eigenvalue weighted by molar-refractivity contribution is 7.17. The van der Waals surface area contributed by atoms with Gasteiger partial charge in [-0.25, -0.2) is 5.10 Å². The standard InChI is InChI=1S/C13H12ClN3O2S/c14-11-4-3-10(20-11)13(19)15-8-1-2-9-7(5-8)6-12(18)17-16-9/h3-4,6,8H,1-2,5H2,(H,15,19)(H,17,18). The van der Waals surface area contributed by atoms with Gasteiger partial charge < -0.3 is 5.32 Å². The molecule has 0 radical (unpaired) electrons. The molecule has 2 aromatic rings. The minimum atomic E-state index is -0.208. The van der Waals surface area contributed by atoms with E-state index in [9.17, 15) is 9.59 Å². The van der Waals surface area contributed by atoms with Gasteiger partial charge in [-0.15, -0.1) is 11.3 Å². The Kier molecular flexibility index (Phi) is 3.58. The van der Waals surface area contributed by atoms with E-state index in [1.165, 1.54) is 11.3 Å². The van der Waals surface area contributed by atoms with Crippen LogP contribution in [0.4, 0.5) is 0 Å². The number of hydrogen-bond acceptors (Lipinski definition) is 4. The van der Waals surface area contributed by atoms with E-state index in [1.54, 1.807) is 18.2 Å². The van der Waals surface area contributed by atoms with Crippen LogP contribution in [0, 0.1) is 0 Å². The molecule has 2 heterocycles. The summed E-state index contributed by atoms with van der Waals surface area (Å²) < 4.78 is 0.597. The van der Waals surface area contributed by atoms with Crippen molar-refractivity contribution >= 4 is 28.8 Å². The van der Waals surface area contributed by atoms with Crippen molar-refractivity contribution in [1.29, 1.82) is 0 Å². The normalized spacial score (nSPS) is 17.6. The van der Waals surface area contributed by atoms with Gasteiger partial charge in [-0.3, -0.25) is 9.59 Å². The average Bonchev–Trinajstić information content (AvgIpc) is 2.85. The fourth-order valence-electron chi connectivity index (χ4n) is 2.36. The van der Waals surface area contributed by atoms with Gasteiger partial charge in [0.1, 0.15) is 0 Å². The molecule has 7 heteroatoms. The zero-order chi connectivity index (χ0) is 14.1. The summed E-state index contributed by atoms with van der Waals surface area (Å²) in [7, 11) is 0. The maximum atomic E-state index is 12.1. The molecule has 1 unspecified atom stereocenters. The smallest absolute Gasteiger partial charge is 0.264 e. The number of H-pyrrole nitrogens is 1. The molecule has 0 aliphatic heterocycles. The summed E-state index contributed by atoms with van der Waals surface area (Å²) >= 11 is 7.08. The summed E-state index contributed by atoms with van der Waals surface area (Å²) in [5, 5.41) is 9.45. The minimum absolute atomic E-state index is 0.0273. The van der Waals surface area contributed by atoms with Gasteiger partial charge in [0.25, 0.3) is 11.5 Å². The number of rotatable bonds is 2. The molecule has 0 saturated carbocycles. The van der Waals surface area contributed by atoms with Gasteiger partial charge in [-0.1, -0.05) is 11.6 Å². The molecule has 1 aliphatic carbocycles. The molecule has 0 aromatic carbocycles. The number of thiophene rings is 1. The molecule has 1 amide bonds. The lowest BCUT2D eigenvalue weighted by atomic mass is 9.92. The van der Waals surface area contributed by atoms with Crippen LogP contribution in [0.25, 0.3) is 0 Å².